The maximum atomic E-state index is 5.74. The SMILES string of the molecule is c1ccc2c(c1)sc1c2c2ccc3[nH]c4cccc5c6cocc6n1c2c3c45. The van der Waals surface area contributed by atoms with Gasteiger partial charge in [-0.2, -0.15) is 0 Å². The number of hydrogen-bond donors (Lipinski definition) is 1. The fourth-order valence-corrected chi connectivity index (χ4v) is 6.36. The first-order chi connectivity index (χ1) is 13.9. The first-order valence-corrected chi connectivity index (χ1v) is 10.2. The fourth-order valence-electron chi connectivity index (χ4n) is 5.12. The predicted molar refractivity (Wildman–Crippen MR) is 118 cm³/mol. The van der Waals surface area contributed by atoms with E-state index in [1.807, 2.05) is 23.9 Å². The van der Waals surface area contributed by atoms with Gasteiger partial charge < -0.3 is 9.40 Å². The molecule has 4 heteroatoms. The Balaban J connectivity index is 1.91. The summed E-state index contributed by atoms with van der Waals surface area (Å²) in [5.74, 6) is 0. The number of thiophene rings is 1. The Labute approximate surface area is 161 Å². The number of hydrogen-bond acceptors (Lipinski definition) is 2. The molecule has 1 N–H and O–H groups in total. The molecule has 0 fully saturated rings. The van der Waals surface area contributed by atoms with E-state index in [-0.39, 0.29) is 0 Å². The van der Waals surface area contributed by atoms with Gasteiger partial charge in [-0.25, -0.2) is 0 Å². The van der Waals surface area contributed by atoms with Crippen LogP contribution in [0.3, 0.4) is 0 Å². The number of nitrogens with zero attached hydrogens (tertiary/aromatic N) is 1. The van der Waals surface area contributed by atoms with Crippen LogP contribution < -0.4 is 0 Å². The monoisotopic (exact) mass is 376 g/mol. The molecule has 0 aliphatic rings. The predicted octanol–water partition coefficient (Wildman–Crippen LogP) is 7.28. The van der Waals surface area contributed by atoms with Gasteiger partial charge in [0.15, 0.2) is 0 Å². The second-order valence-corrected chi connectivity index (χ2v) is 8.55. The summed E-state index contributed by atoms with van der Waals surface area (Å²) in [5, 5.41) is 8.97. The van der Waals surface area contributed by atoms with Crippen LogP contribution in [-0.2, 0) is 0 Å². The van der Waals surface area contributed by atoms with Crippen LogP contribution in [0.5, 0.6) is 0 Å². The molecule has 0 atom stereocenters. The van der Waals surface area contributed by atoms with E-state index >= 15 is 0 Å². The molecule has 0 bridgehead atoms. The second-order valence-electron chi connectivity index (χ2n) is 7.52. The zero-order chi connectivity index (χ0) is 18.0. The van der Waals surface area contributed by atoms with Crippen molar-refractivity contribution in [3.05, 3.63) is 67.1 Å². The van der Waals surface area contributed by atoms with Gasteiger partial charge in [-0.05, 0) is 23.6 Å². The van der Waals surface area contributed by atoms with Crippen molar-refractivity contribution in [3.63, 3.8) is 0 Å². The van der Waals surface area contributed by atoms with E-state index < -0.39 is 0 Å². The minimum Gasteiger partial charge on any atom is -0.470 e. The van der Waals surface area contributed by atoms with Crippen LogP contribution in [0.2, 0.25) is 0 Å². The van der Waals surface area contributed by atoms with Crippen molar-refractivity contribution >= 4 is 80.6 Å². The Kier molecular flexibility index (Phi) is 2.10. The molecule has 8 aromatic rings. The molecular weight excluding hydrogens is 364 g/mol. The zero-order valence-electron chi connectivity index (χ0n) is 14.6. The van der Waals surface area contributed by atoms with E-state index in [0.29, 0.717) is 0 Å². The summed E-state index contributed by atoms with van der Waals surface area (Å²) < 4.78 is 9.48. The molecule has 5 heterocycles. The molecule has 0 saturated carbocycles. The molecule has 130 valence electrons. The first-order valence-electron chi connectivity index (χ1n) is 9.36. The van der Waals surface area contributed by atoms with Gasteiger partial charge >= 0.3 is 0 Å². The summed E-state index contributed by atoms with van der Waals surface area (Å²) in [5.41, 5.74) is 4.77. The maximum Gasteiger partial charge on any atom is 0.115 e. The highest BCUT2D eigenvalue weighted by Crippen LogP contribution is 2.46. The number of benzene rings is 3. The molecule has 3 aromatic carbocycles. The highest BCUT2D eigenvalue weighted by atomic mass is 32.1. The summed E-state index contributed by atoms with van der Waals surface area (Å²) in [7, 11) is 0. The normalized spacial score (nSPS) is 13.0. The van der Waals surface area contributed by atoms with E-state index in [1.54, 1.807) is 0 Å². The Morgan fingerprint density at radius 3 is 2.61 bits per heavy atom. The van der Waals surface area contributed by atoms with Crippen LogP contribution in [0.25, 0.3) is 69.3 Å². The highest BCUT2D eigenvalue weighted by Gasteiger charge is 2.22. The quantitative estimate of drug-likeness (QED) is 0.296. The number of fused-ring (bicyclic) bond motifs is 8. The molecule has 28 heavy (non-hydrogen) atoms. The van der Waals surface area contributed by atoms with Crippen LogP contribution in [0.4, 0.5) is 0 Å². The summed E-state index contributed by atoms with van der Waals surface area (Å²) in [6.45, 7) is 0. The molecule has 0 unspecified atom stereocenters. The highest BCUT2D eigenvalue weighted by molar-refractivity contribution is 7.25. The summed E-state index contributed by atoms with van der Waals surface area (Å²) in [4.78, 5) is 4.91. The van der Waals surface area contributed by atoms with Crippen molar-refractivity contribution < 1.29 is 4.42 Å². The molecule has 8 rings (SSSR count). The van der Waals surface area contributed by atoms with Crippen LogP contribution in [0.15, 0.2) is 71.5 Å². The lowest BCUT2D eigenvalue weighted by Gasteiger charge is -1.98. The third-order valence-corrected chi connectivity index (χ3v) is 7.36. The number of aromatic amines is 1. The van der Waals surface area contributed by atoms with E-state index in [4.69, 9.17) is 4.42 Å². The third kappa shape index (κ3) is 1.33. The maximum absolute atomic E-state index is 5.74. The lowest BCUT2D eigenvalue weighted by molar-refractivity contribution is 0.571. The van der Waals surface area contributed by atoms with Gasteiger partial charge in [0, 0.05) is 48.1 Å². The molecule has 0 radical (unpaired) electrons. The van der Waals surface area contributed by atoms with Crippen LogP contribution >= 0.6 is 11.3 Å². The van der Waals surface area contributed by atoms with Crippen LogP contribution in [0.1, 0.15) is 0 Å². The minimum absolute atomic E-state index is 1.13. The van der Waals surface area contributed by atoms with Crippen molar-refractivity contribution in [1.29, 1.82) is 0 Å². The number of H-pyrrole nitrogens is 1. The number of aromatic nitrogens is 2. The van der Waals surface area contributed by atoms with E-state index in [2.05, 4.69) is 64.0 Å². The summed E-state index contributed by atoms with van der Waals surface area (Å²) in [6, 6.07) is 19.7. The zero-order valence-corrected chi connectivity index (χ0v) is 15.4. The largest absolute Gasteiger partial charge is 0.470 e. The average Bonchev–Trinajstić information content (AvgIpc) is 3.45. The molecule has 0 aliphatic heterocycles. The molecule has 0 amide bonds. The number of furan rings is 1. The number of nitrogens with one attached hydrogen (secondary N) is 1. The van der Waals surface area contributed by atoms with Crippen molar-refractivity contribution in [2.75, 3.05) is 0 Å². The van der Waals surface area contributed by atoms with E-state index in [1.165, 1.54) is 58.4 Å². The standard InChI is InChI=1S/C24H12N2OS/c1-2-7-19-13(4-1)20-14-8-9-17-22-21-12(5-3-6-16(21)25-17)15-10-27-11-18(15)26(23(14)22)24(20)28-19/h1-11,25H. The summed E-state index contributed by atoms with van der Waals surface area (Å²) >= 11 is 1.86. The van der Waals surface area contributed by atoms with Crippen molar-refractivity contribution in [2.45, 2.75) is 0 Å². The molecule has 3 nitrogen and oxygen atoms in total. The van der Waals surface area contributed by atoms with Crippen molar-refractivity contribution in [3.8, 4) is 0 Å². The number of rotatable bonds is 0. The Morgan fingerprint density at radius 1 is 0.714 bits per heavy atom. The molecular formula is C24H12N2OS. The van der Waals surface area contributed by atoms with Gasteiger partial charge in [0.1, 0.15) is 17.4 Å². The van der Waals surface area contributed by atoms with Crippen molar-refractivity contribution in [1.82, 2.24) is 9.38 Å². The fraction of sp³-hybridized carbons (Fsp3) is 0. The minimum atomic E-state index is 1.13. The molecule has 0 spiro atoms. The van der Waals surface area contributed by atoms with Crippen molar-refractivity contribution in [2.24, 2.45) is 0 Å². The van der Waals surface area contributed by atoms with E-state index in [9.17, 15) is 0 Å². The van der Waals surface area contributed by atoms with Gasteiger partial charge in [-0.3, -0.25) is 4.40 Å². The van der Waals surface area contributed by atoms with Gasteiger partial charge in [0.05, 0.1) is 11.0 Å². The molecule has 0 saturated heterocycles. The summed E-state index contributed by atoms with van der Waals surface area (Å²) in [6.07, 6.45) is 3.78. The lowest BCUT2D eigenvalue weighted by atomic mass is 10.0. The Bertz CT molecular complexity index is 1870. The Hall–Kier alpha value is -3.50. The molecule has 5 aromatic heterocycles. The first kappa shape index (κ1) is 13.6. The topological polar surface area (TPSA) is 33.3 Å². The van der Waals surface area contributed by atoms with Crippen LogP contribution in [-0.4, -0.2) is 9.38 Å². The third-order valence-electron chi connectivity index (χ3n) is 6.21. The Morgan fingerprint density at radius 2 is 1.61 bits per heavy atom. The smallest absolute Gasteiger partial charge is 0.115 e. The lowest BCUT2D eigenvalue weighted by Crippen LogP contribution is -1.81. The van der Waals surface area contributed by atoms with Gasteiger partial charge in [-0.1, -0.05) is 36.4 Å². The average molecular weight is 376 g/mol. The van der Waals surface area contributed by atoms with Gasteiger partial charge in [0.25, 0.3) is 0 Å². The van der Waals surface area contributed by atoms with Gasteiger partial charge in [-0.15, -0.1) is 11.3 Å². The second kappa shape index (κ2) is 4.32. The van der Waals surface area contributed by atoms with Crippen LogP contribution in [0, 0.1) is 0 Å². The van der Waals surface area contributed by atoms with Gasteiger partial charge in [0.2, 0.25) is 0 Å². The van der Waals surface area contributed by atoms with E-state index in [0.717, 1.165) is 10.9 Å². The molecule has 0 aliphatic carbocycles.